The van der Waals surface area contributed by atoms with Gasteiger partial charge in [-0.3, -0.25) is 0 Å². The molecule has 0 aromatic carbocycles. The molecule has 5 aliphatic carbocycles. The first-order valence-electron chi connectivity index (χ1n) is 17.2. The minimum atomic E-state index is -0.171. The monoisotopic (exact) mass is 551 g/mol. The summed E-state index contributed by atoms with van der Waals surface area (Å²) in [5.41, 5.74) is 3.69. The molecule has 40 heavy (non-hydrogen) atoms. The van der Waals surface area contributed by atoms with Crippen LogP contribution in [0, 0.1) is 46.3 Å². The minimum absolute atomic E-state index is 0.171. The molecule has 0 N–H and O–H groups in total. The van der Waals surface area contributed by atoms with Gasteiger partial charge in [0.1, 0.15) is 6.61 Å². The third-order valence-corrected chi connectivity index (χ3v) is 13.0. The molecule has 4 saturated carbocycles. The Bertz CT molecular complexity index is 981. The topological polar surface area (TPSA) is 40.0 Å². The molecule has 1 heterocycles. The second-order valence-electron chi connectivity index (χ2n) is 15.2. The second-order valence-corrected chi connectivity index (χ2v) is 15.2. The number of fused-ring (bicyclic) bond motifs is 5. The van der Waals surface area contributed by atoms with Gasteiger partial charge in [0, 0.05) is 11.8 Å². The Morgan fingerprint density at radius 2 is 1.82 bits per heavy atom. The van der Waals surface area contributed by atoms with Crippen LogP contribution in [0.4, 0.5) is 0 Å². The molecule has 1 aliphatic heterocycles. The maximum absolute atomic E-state index is 6.56. The predicted molar refractivity (Wildman–Crippen MR) is 163 cm³/mol. The van der Waals surface area contributed by atoms with Gasteiger partial charge in [0.25, 0.3) is 0 Å². The average molecular weight is 552 g/mol. The molecule has 4 unspecified atom stereocenters. The zero-order valence-corrected chi connectivity index (χ0v) is 26.2. The first-order chi connectivity index (χ1) is 19.3. The maximum atomic E-state index is 6.56. The molecule has 0 aromatic rings. The van der Waals surface area contributed by atoms with E-state index in [4.69, 9.17) is 19.5 Å². The zero-order valence-electron chi connectivity index (χ0n) is 26.2. The Labute approximate surface area is 244 Å². The van der Waals surface area contributed by atoms with E-state index in [1.807, 2.05) is 0 Å². The molecule has 0 aromatic heterocycles. The van der Waals surface area contributed by atoms with Gasteiger partial charge in [-0.05, 0) is 118 Å². The van der Waals surface area contributed by atoms with Crippen molar-refractivity contribution in [2.45, 2.75) is 143 Å². The van der Waals surface area contributed by atoms with E-state index < -0.39 is 0 Å². The van der Waals surface area contributed by atoms with Crippen molar-refractivity contribution in [3.8, 4) is 0 Å². The van der Waals surface area contributed by atoms with Gasteiger partial charge in [-0.1, -0.05) is 69.8 Å². The number of allylic oxidation sites excluding steroid dienone is 1. The fourth-order valence-corrected chi connectivity index (χ4v) is 10.6. The van der Waals surface area contributed by atoms with Gasteiger partial charge in [-0.2, -0.15) is 0 Å². The summed E-state index contributed by atoms with van der Waals surface area (Å²) in [5, 5.41) is 4.77. The Morgan fingerprint density at radius 1 is 1.00 bits per heavy atom. The fourth-order valence-electron chi connectivity index (χ4n) is 10.6. The van der Waals surface area contributed by atoms with E-state index in [1.165, 1.54) is 76.3 Å². The third kappa shape index (κ3) is 5.38. The smallest absolute Gasteiger partial charge is 0.177 e. The Morgan fingerprint density at radius 3 is 2.62 bits per heavy atom. The van der Waals surface area contributed by atoms with E-state index in [-0.39, 0.29) is 18.5 Å². The van der Waals surface area contributed by atoms with Gasteiger partial charge in [-0.25, -0.2) is 0 Å². The number of hydrogen-bond donors (Lipinski definition) is 0. The molecule has 10 atom stereocenters. The van der Waals surface area contributed by atoms with Gasteiger partial charge < -0.3 is 14.3 Å². The molecule has 4 fully saturated rings. The molecular weight excluding hydrogens is 494 g/mol. The van der Waals surface area contributed by atoms with Crippen molar-refractivity contribution in [1.82, 2.24) is 0 Å². The van der Waals surface area contributed by atoms with Crippen molar-refractivity contribution >= 4 is 5.71 Å². The van der Waals surface area contributed by atoms with Crippen LogP contribution in [0.5, 0.6) is 0 Å². The second kappa shape index (κ2) is 11.9. The fraction of sp³-hybridized carbons (Fsp3) is 0.861. The summed E-state index contributed by atoms with van der Waals surface area (Å²) >= 11 is 0. The van der Waals surface area contributed by atoms with Crippen molar-refractivity contribution in [3.05, 3.63) is 23.8 Å². The van der Waals surface area contributed by atoms with Crippen LogP contribution in [-0.4, -0.2) is 30.8 Å². The van der Waals surface area contributed by atoms with Crippen LogP contribution in [-0.2, 0) is 14.3 Å². The number of ether oxygens (including phenoxy) is 2. The van der Waals surface area contributed by atoms with Crippen LogP contribution in [0.2, 0.25) is 0 Å². The van der Waals surface area contributed by atoms with Gasteiger partial charge in [0.2, 0.25) is 0 Å². The molecule has 224 valence electrons. The van der Waals surface area contributed by atoms with E-state index >= 15 is 0 Å². The number of rotatable bonds is 7. The Balaban J connectivity index is 1.09. The summed E-state index contributed by atoms with van der Waals surface area (Å²) in [6.45, 7) is 12.8. The normalized spacial score (nSPS) is 45.8. The number of oxime groups is 1. The highest BCUT2D eigenvalue weighted by Gasteiger charge is 2.59. The lowest BCUT2D eigenvalue weighted by Crippen LogP contribution is -2.51. The van der Waals surface area contributed by atoms with E-state index in [2.05, 4.69) is 52.8 Å². The first kappa shape index (κ1) is 29.0. The lowest BCUT2D eigenvalue weighted by atomic mass is 9.47. The quantitative estimate of drug-likeness (QED) is 0.180. The summed E-state index contributed by atoms with van der Waals surface area (Å²) < 4.78 is 12.9. The van der Waals surface area contributed by atoms with E-state index in [0.29, 0.717) is 22.7 Å². The molecule has 0 saturated heterocycles. The lowest BCUT2D eigenvalue weighted by molar-refractivity contribution is -0.188. The third-order valence-electron chi connectivity index (χ3n) is 13.0. The Kier molecular flexibility index (Phi) is 8.59. The van der Waals surface area contributed by atoms with Gasteiger partial charge >= 0.3 is 0 Å². The van der Waals surface area contributed by atoms with E-state index in [9.17, 15) is 0 Å². The summed E-state index contributed by atoms with van der Waals surface area (Å²) in [7, 11) is 0. The molecule has 4 nitrogen and oxygen atoms in total. The highest BCUT2D eigenvalue weighted by Crippen LogP contribution is 2.66. The SMILES string of the molecule is CC[C@H]1OC(O[C@H]2CC[C@@]3(C)C(=CCC4C3CC[C@@]3(C)C4CC[C@@H]3/C(C)=N/OCC3CCCCC3)C2)C=C[C@@H]1C. The van der Waals surface area contributed by atoms with E-state index in [1.54, 1.807) is 5.57 Å². The molecule has 4 heteroatoms. The van der Waals surface area contributed by atoms with Crippen LogP contribution >= 0.6 is 0 Å². The summed E-state index contributed by atoms with van der Waals surface area (Å²) in [6.07, 6.45) is 25.5. The Hall–Kier alpha value is -1.13. The number of nitrogens with zero attached hydrogens (tertiary/aromatic N) is 1. The summed E-state index contributed by atoms with van der Waals surface area (Å²) in [4.78, 5) is 6.00. The van der Waals surface area contributed by atoms with Crippen LogP contribution < -0.4 is 0 Å². The summed E-state index contributed by atoms with van der Waals surface area (Å²) in [5.74, 6) is 4.25. The van der Waals surface area contributed by atoms with Gasteiger partial charge in [0.05, 0.1) is 17.9 Å². The van der Waals surface area contributed by atoms with Crippen LogP contribution in [0.3, 0.4) is 0 Å². The predicted octanol–water partition coefficient (Wildman–Crippen LogP) is 9.25. The van der Waals surface area contributed by atoms with Crippen molar-refractivity contribution in [2.24, 2.45) is 51.5 Å². The average Bonchev–Trinajstić information content (AvgIpc) is 3.32. The molecular formula is C36H57NO3. The van der Waals surface area contributed by atoms with Gasteiger partial charge in [0.15, 0.2) is 6.29 Å². The molecule has 0 bridgehead atoms. The van der Waals surface area contributed by atoms with E-state index in [0.717, 1.165) is 49.5 Å². The summed E-state index contributed by atoms with van der Waals surface area (Å²) in [6, 6.07) is 0. The largest absolute Gasteiger partial charge is 0.396 e. The van der Waals surface area contributed by atoms with Crippen LogP contribution in [0.15, 0.2) is 29.0 Å². The molecule has 6 aliphatic rings. The molecule has 0 amide bonds. The molecule has 0 radical (unpaired) electrons. The minimum Gasteiger partial charge on any atom is -0.396 e. The number of hydrogen-bond acceptors (Lipinski definition) is 4. The van der Waals surface area contributed by atoms with Crippen molar-refractivity contribution in [3.63, 3.8) is 0 Å². The first-order valence-corrected chi connectivity index (χ1v) is 17.2. The van der Waals surface area contributed by atoms with Crippen molar-refractivity contribution in [2.75, 3.05) is 6.61 Å². The standard InChI is InChI=1S/C36H57NO3/c1-6-33-24(2)12-17-34(40-33)39-28-18-20-35(4)27(22-28)13-14-29-31-16-15-30(36(31,5)21-19-32(29)35)25(3)37-38-23-26-10-8-7-9-11-26/h12-13,17,24,26,28-34H,6-11,14-16,18-23H2,1-5H3/b37-25+/t24-,28-,29?,30+,31?,32?,33+,34?,35-,36+/m0/s1. The lowest BCUT2D eigenvalue weighted by Gasteiger charge is -2.58. The van der Waals surface area contributed by atoms with Crippen LogP contribution in [0.25, 0.3) is 0 Å². The van der Waals surface area contributed by atoms with Crippen LogP contribution in [0.1, 0.15) is 125 Å². The van der Waals surface area contributed by atoms with Crippen molar-refractivity contribution in [1.29, 1.82) is 0 Å². The maximum Gasteiger partial charge on any atom is 0.177 e. The molecule has 6 rings (SSSR count). The molecule has 0 spiro atoms. The highest BCUT2D eigenvalue weighted by molar-refractivity contribution is 5.85. The van der Waals surface area contributed by atoms with Crippen molar-refractivity contribution < 1.29 is 14.3 Å². The van der Waals surface area contributed by atoms with Gasteiger partial charge in [-0.15, -0.1) is 0 Å². The zero-order chi connectivity index (χ0) is 27.9. The highest BCUT2D eigenvalue weighted by atomic mass is 16.7.